The minimum absolute atomic E-state index is 0.0909. The standard InChI is InChI=1S/C27H21F2NO6/c1-16-5-8-19(23-13-27(26(33)34,36-30-23)14-35-15-31)12-20(16)18-9-6-17(7-10-18)11-24(32)25-21(28)3-2-4-22(25)29/h2-10,12,15H,11,13-14H2,1H3,(H,33,34). The van der Waals surface area contributed by atoms with Gasteiger partial charge >= 0.3 is 5.97 Å². The van der Waals surface area contributed by atoms with Gasteiger partial charge in [-0.3, -0.25) is 9.59 Å². The van der Waals surface area contributed by atoms with Crippen LogP contribution in [0.5, 0.6) is 0 Å². The zero-order valence-electron chi connectivity index (χ0n) is 19.2. The number of carboxylic acids is 1. The van der Waals surface area contributed by atoms with Gasteiger partial charge in [0.25, 0.3) is 12.1 Å². The molecule has 1 heterocycles. The minimum Gasteiger partial charge on any atom is -0.478 e. The highest BCUT2D eigenvalue weighted by Gasteiger charge is 2.48. The SMILES string of the molecule is Cc1ccc(C2=NOC(COC=O)(C(=O)O)C2)cc1-c1ccc(CC(=O)c2c(F)cccc2F)cc1. The van der Waals surface area contributed by atoms with Crippen molar-refractivity contribution in [3.63, 3.8) is 0 Å². The van der Waals surface area contributed by atoms with Gasteiger partial charge < -0.3 is 14.7 Å². The van der Waals surface area contributed by atoms with E-state index in [0.717, 1.165) is 28.8 Å². The molecule has 36 heavy (non-hydrogen) atoms. The van der Waals surface area contributed by atoms with Gasteiger partial charge in [0.15, 0.2) is 5.78 Å². The van der Waals surface area contributed by atoms with E-state index in [1.54, 1.807) is 30.3 Å². The van der Waals surface area contributed by atoms with Crippen molar-refractivity contribution in [2.24, 2.45) is 5.16 Å². The Labute approximate surface area is 205 Å². The molecule has 4 rings (SSSR count). The number of hydrogen-bond donors (Lipinski definition) is 1. The molecule has 0 amide bonds. The van der Waals surface area contributed by atoms with E-state index in [2.05, 4.69) is 9.89 Å². The zero-order chi connectivity index (χ0) is 25.9. The summed E-state index contributed by atoms with van der Waals surface area (Å²) in [6, 6.07) is 15.8. The molecule has 0 fully saturated rings. The summed E-state index contributed by atoms with van der Waals surface area (Å²) in [5, 5.41) is 13.5. The number of rotatable bonds is 9. The largest absolute Gasteiger partial charge is 0.478 e. The molecule has 1 aliphatic rings. The van der Waals surface area contributed by atoms with Crippen LogP contribution in [0.4, 0.5) is 8.78 Å². The number of Topliss-reactive ketones (excluding diaryl/α,β-unsaturated/α-hetero) is 1. The topological polar surface area (TPSA) is 102 Å². The van der Waals surface area contributed by atoms with Crippen LogP contribution in [-0.2, 0) is 25.6 Å². The molecule has 1 N–H and O–H groups in total. The minimum atomic E-state index is -1.78. The Hall–Kier alpha value is -4.40. The lowest BCUT2D eigenvalue weighted by molar-refractivity contribution is -0.171. The number of ether oxygens (including phenoxy) is 1. The summed E-state index contributed by atoms with van der Waals surface area (Å²) in [5.41, 5.74) is 1.87. The third-order valence-corrected chi connectivity index (χ3v) is 6.00. The molecule has 184 valence electrons. The fourth-order valence-corrected chi connectivity index (χ4v) is 4.01. The molecule has 3 aromatic rings. The molecule has 0 spiro atoms. The smallest absolute Gasteiger partial charge is 0.355 e. The van der Waals surface area contributed by atoms with Crippen molar-refractivity contribution < 1.29 is 37.8 Å². The highest BCUT2D eigenvalue weighted by molar-refractivity contribution is 6.05. The van der Waals surface area contributed by atoms with Gasteiger partial charge in [0.1, 0.15) is 18.2 Å². The van der Waals surface area contributed by atoms with Crippen molar-refractivity contribution in [2.45, 2.75) is 25.4 Å². The predicted octanol–water partition coefficient (Wildman–Crippen LogP) is 4.49. The van der Waals surface area contributed by atoms with Crippen molar-refractivity contribution in [1.29, 1.82) is 0 Å². The van der Waals surface area contributed by atoms with Gasteiger partial charge in [-0.25, -0.2) is 13.6 Å². The molecular weight excluding hydrogens is 472 g/mol. The molecule has 0 aromatic heterocycles. The highest BCUT2D eigenvalue weighted by Crippen LogP contribution is 2.31. The Kier molecular flexibility index (Phi) is 6.91. The first-order chi connectivity index (χ1) is 17.2. The number of oxime groups is 1. The fourth-order valence-electron chi connectivity index (χ4n) is 4.01. The maximum absolute atomic E-state index is 13.9. The van der Waals surface area contributed by atoms with Crippen LogP contribution in [0.2, 0.25) is 0 Å². The molecule has 0 bridgehead atoms. The summed E-state index contributed by atoms with van der Waals surface area (Å²) in [5.74, 6) is -3.74. The predicted molar refractivity (Wildman–Crippen MR) is 126 cm³/mol. The van der Waals surface area contributed by atoms with E-state index in [-0.39, 0.29) is 19.3 Å². The molecule has 1 atom stereocenters. The van der Waals surface area contributed by atoms with E-state index >= 15 is 0 Å². The molecular formula is C27H21F2NO6. The van der Waals surface area contributed by atoms with Crippen molar-refractivity contribution in [3.05, 3.63) is 94.6 Å². The lowest BCUT2D eigenvalue weighted by Crippen LogP contribution is -2.43. The van der Waals surface area contributed by atoms with Crippen molar-refractivity contribution >= 4 is 23.9 Å². The quantitative estimate of drug-likeness (QED) is 0.348. The Morgan fingerprint density at radius 2 is 1.75 bits per heavy atom. The van der Waals surface area contributed by atoms with E-state index in [0.29, 0.717) is 16.8 Å². The third kappa shape index (κ3) is 4.86. The summed E-state index contributed by atoms with van der Waals surface area (Å²) in [7, 11) is 0. The number of carbonyl (C=O) groups is 3. The Morgan fingerprint density at radius 3 is 2.39 bits per heavy atom. The van der Waals surface area contributed by atoms with E-state index in [1.165, 1.54) is 6.07 Å². The average Bonchev–Trinajstić information content (AvgIpc) is 3.29. The fraction of sp³-hybridized carbons (Fsp3) is 0.185. The van der Waals surface area contributed by atoms with Crippen LogP contribution in [-0.4, -0.2) is 41.3 Å². The second-order valence-corrected chi connectivity index (χ2v) is 8.44. The molecule has 0 saturated carbocycles. The molecule has 7 nitrogen and oxygen atoms in total. The Morgan fingerprint density at radius 1 is 1.08 bits per heavy atom. The molecule has 1 aliphatic heterocycles. The van der Waals surface area contributed by atoms with Crippen LogP contribution in [0.3, 0.4) is 0 Å². The molecule has 3 aromatic carbocycles. The lowest BCUT2D eigenvalue weighted by atomic mass is 9.91. The number of hydrogen-bond acceptors (Lipinski definition) is 6. The number of benzene rings is 3. The van der Waals surface area contributed by atoms with Crippen LogP contribution < -0.4 is 0 Å². The van der Waals surface area contributed by atoms with Gasteiger partial charge in [-0.2, -0.15) is 0 Å². The number of ketones is 1. The molecule has 0 saturated heterocycles. The van der Waals surface area contributed by atoms with Crippen LogP contribution >= 0.6 is 0 Å². The molecule has 9 heteroatoms. The first-order valence-electron chi connectivity index (χ1n) is 11.0. The number of carboxylic acid groups (broad SMARTS) is 1. The second-order valence-electron chi connectivity index (χ2n) is 8.44. The van der Waals surface area contributed by atoms with Crippen molar-refractivity contribution in [3.8, 4) is 11.1 Å². The van der Waals surface area contributed by atoms with Crippen molar-refractivity contribution in [1.82, 2.24) is 0 Å². The average molecular weight is 493 g/mol. The maximum Gasteiger partial charge on any atom is 0.355 e. The maximum atomic E-state index is 13.9. The molecule has 0 aliphatic carbocycles. The van der Waals surface area contributed by atoms with Crippen LogP contribution in [0.25, 0.3) is 11.1 Å². The van der Waals surface area contributed by atoms with Crippen LogP contribution in [0.1, 0.15) is 33.5 Å². The first-order valence-corrected chi connectivity index (χ1v) is 11.0. The number of aliphatic carboxylic acids is 1. The summed E-state index contributed by atoms with van der Waals surface area (Å²) < 4.78 is 32.5. The number of nitrogens with zero attached hydrogens (tertiary/aromatic N) is 1. The molecule has 1 unspecified atom stereocenters. The highest BCUT2D eigenvalue weighted by atomic mass is 19.1. The van der Waals surface area contributed by atoms with Crippen LogP contribution in [0, 0.1) is 18.6 Å². The van der Waals surface area contributed by atoms with Crippen LogP contribution in [0.15, 0.2) is 65.8 Å². The van der Waals surface area contributed by atoms with E-state index < -0.39 is 41.2 Å². The summed E-state index contributed by atoms with van der Waals surface area (Å²) in [4.78, 5) is 39.9. The van der Waals surface area contributed by atoms with Gasteiger partial charge in [0, 0.05) is 12.0 Å². The van der Waals surface area contributed by atoms with E-state index in [1.807, 2.05) is 19.1 Å². The lowest BCUT2D eigenvalue weighted by Gasteiger charge is -2.19. The third-order valence-electron chi connectivity index (χ3n) is 6.00. The Bertz CT molecular complexity index is 1350. The number of aryl methyl sites for hydroxylation is 1. The van der Waals surface area contributed by atoms with Gasteiger partial charge in [-0.05, 0) is 47.4 Å². The Balaban J connectivity index is 1.54. The number of carbonyl (C=O) groups excluding carboxylic acids is 2. The summed E-state index contributed by atoms with van der Waals surface area (Å²) in [6.07, 6.45) is -0.252. The van der Waals surface area contributed by atoms with Crippen molar-refractivity contribution in [2.75, 3.05) is 6.61 Å². The summed E-state index contributed by atoms with van der Waals surface area (Å²) >= 11 is 0. The first kappa shape index (κ1) is 24.7. The molecule has 0 radical (unpaired) electrons. The normalized spacial score (nSPS) is 16.7. The van der Waals surface area contributed by atoms with E-state index in [9.17, 15) is 28.3 Å². The van der Waals surface area contributed by atoms with Gasteiger partial charge in [0.2, 0.25) is 0 Å². The van der Waals surface area contributed by atoms with Gasteiger partial charge in [-0.1, -0.05) is 47.6 Å². The number of halogens is 2. The van der Waals surface area contributed by atoms with E-state index in [4.69, 9.17) is 4.84 Å². The zero-order valence-corrected chi connectivity index (χ0v) is 19.2. The monoisotopic (exact) mass is 493 g/mol. The second kappa shape index (κ2) is 10.1. The van der Waals surface area contributed by atoms with Gasteiger partial charge in [0.05, 0.1) is 17.7 Å². The van der Waals surface area contributed by atoms with Gasteiger partial charge in [-0.15, -0.1) is 0 Å². The summed E-state index contributed by atoms with van der Waals surface area (Å²) in [6.45, 7) is 1.58.